The van der Waals surface area contributed by atoms with E-state index < -0.39 is 0 Å². The van der Waals surface area contributed by atoms with Crippen LogP contribution in [0.3, 0.4) is 0 Å². The number of hydrogen-bond donors (Lipinski definition) is 2. The van der Waals surface area contributed by atoms with Crippen LogP contribution in [0.4, 0.5) is 5.82 Å². The molecule has 0 radical (unpaired) electrons. The predicted molar refractivity (Wildman–Crippen MR) is 76.4 cm³/mol. The van der Waals surface area contributed by atoms with Gasteiger partial charge in [0.25, 0.3) is 0 Å². The van der Waals surface area contributed by atoms with Gasteiger partial charge in [-0.25, -0.2) is 0 Å². The van der Waals surface area contributed by atoms with E-state index in [2.05, 4.69) is 34.2 Å². The van der Waals surface area contributed by atoms with E-state index in [4.69, 9.17) is 5.73 Å². The van der Waals surface area contributed by atoms with Crippen LogP contribution in [0.25, 0.3) is 22.5 Å². The summed E-state index contributed by atoms with van der Waals surface area (Å²) in [5.41, 5.74) is 10.8. The second-order valence-electron chi connectivity index (χ2n) is 4.39. The third-order valence-corrected chi connectivity index (χ3v) is 3.13. The highest BCUT2D eigenvalue weighted by Crippen LogP contribution is 2.34. The van der Waals surface area contributed by atoms with E-state index in [1.54, 1.807) is 6.20 Å². The summed E-state index contributed by atoms with van der Waals surface area (Å²) in [6.07, 6.45) is 1.75. The highest BCUT2D eigenvalue weighted by molar-refractivity contribution is 5.87. The number of aromatic nitrogens is 3. The normalized spacial score (nSPS) is 10.6. The second-order valence-corrected chi connectivity index (χ2v) is 4.39. The molecule has 0 amide bonds. The molecule has 3 aromatic rings. The SMILES string of the molecule is Cc1ccccc1-c1[nH]nc(N)c1-c1ccccn1. The Morgan fingerprint density at radius 3 is 2.58 bits per heavy atom. The van der Waals surface area contributed by atoms with Crippen molar-refractivity contribution in [2.75, 3.05) is 5.73 Å². The Bertz CT molecular complexity index is 701. The molecule has 2 heterocycles. The molecule has 0 bridgehead atoms. The number of nitrogens with zero attached hydrogens (tertiary/aromatic N) is 2. The zero-order chi connectivity index (χ0) is 13.2. The van der Waals surface area contributed by atoms with Crippen LogP contribution in [0.5, 0.6) is 0 Å². The summed E-state index contributed by atoms with van der Waals surface area (Å²) in [7, 11) is 0. The van der Waals surface area contributed by atoms with Crippen molar-refractivity contribution in [1.82, 2.24) is 15.2 Å². The molecule has 0 atom stereocenters. The van der Waals surface area contributed by atoms with E-state index >= 15 is 0 Å². The fourth-order valence-corrected chi connectivity index (χ4v) is 2.17. The van der Waals surface area contributed by atoms with Gasteiger partial charge in [-0.3, -0.25) is 10.1 Å². The van der Waals surface area contributed by atoms with Crippen LogP contribution < -0.4 is 5.73 Å². The van der Waals surface area contributed by atoms with Crippen LogP contribution >= 0.6 is 0 Å². The summed E-state index contributed by atoms with van der Waals surface area (Å²) >= 11 is 0. The number of aromatic amines is 1. The Morgan fingerprint density at radius 1 is 1.05 bits per heavy atom. The molecular formula is C15H14N4. The van der Waals surface area contributed by atoms with Gasteiger partial charge in [-0.15, -0.1) is 0 Å². The Hall–Kier alpha value is -2.62. The lowest BCUT2D eigenvalue weighted by Gasteiger charge is -2.06. The lowest BCUT2D eigenvalue weighted by molar-refractivity contribution is 1.10. The van der Waals surface area contributed by atoms with Crippen molar-refractivity contribution in [3.63, 3.8) is 0 Å². The number of anilines is 1. The minimum Gasteiger partial charge on any atom is -0.382 e. The van der Waals surface area contributed by atoms with Gasteiger partial charge < -0.3 is 5.73 Å². The number of hydrogen-bond acceptors (Lipinski definition) is 3. The van der Waals surface area contributed by atoms with Gasteiger partial charge in [-0.1, -0.05) is 30.3 Å². The standard InChI is InChI=1S/C15H14N4/c1-10-6-2-3-7-11(10)14-13(15(16)19-18-14)12-8-4-5-9-17-12/h2-9H,1H3,(H3,16,18,19). The van der Waals surface area contributed by atoms with Gasteiger partial charge in [-0.05, 0) is 24.6 Å². The van der Waals surface area contributed by atoms with Gasteiger partial charge in [0.1, 0.15) is 0 Å². The molecule has 0 unspecified atom stereocenters. The van der Waals surface area contributed by atoms with Crippen molar-refractivity contribution in [3.05, 3.63) is 54.2 Å². The van der Waals surface area contributed by atoms with Gasteiger partial charge in [0, 0.05) is 11.8 Å². The Kier molecular flexibility index (Phi) is 2.76. The molecule has 0 aliphatic heterocycles. The molecule has 1 aromatic carbocycles. The molecule has 3 rings (SSSR count). The number of rotatable bonds is 2. The number of nitrogens with two attached hydrogens (primary N) is 1. The highest BCUT2D eigenvalue weighted by Gasteiger charge is 2.16. The summed E-state index contributed by atoms with van der Waals surface area (Å²) in [6, 6.07) is 13.9. The van der Waals surface area contributed by atoms with E-state index in [0.717, 1.165) is 22.5 Å². The molecule has 3 N–H and O–H groups in total. The van der Waals surface area contributed by atoms with E-state index in [1.165, 1.54) is 5.56 Å². The molecule has 0 fully saturated rings. The van der Waals surface area contributed by atoms with E-state index in [0.29, 0.717) is 5.82 Å². The molecule has 19 heavy (non-hydrogen) atoms. The summed E-state index contributed by atoms with van der Waals surface area (Å²) in [5, 5.41) is 7.14. The summed E-state index contributed by atoms with van der Waals surface area (Å²) in [6.45, 7) is 2.06. The molecule has 2 aromatic heterocycles. The van der Waals surface area contributed by atoms with Crippen molar-refractivity contribution in [1.29, 1.82) is 0 Å². The third-order valence-electron chi connectivity index (χ3n) is 3.13. The fourth-order valence-electron chi connectivity index (χ4n) is 2.17. The van der Waals surface area contributed by atoms with Crippen molar-refractivity contribution >= 4 is 5.82 Å². The maximum atomic E-state index is 5.98. The van der Waals surface area contributed by atoms with E-state index in [1.807, 2.05) is 30.3 Å². The zero-order valence-electron chi connectivity index (χ0n) is 10.6. The first-order valence-corrected chi connectivity index (χ1v) is 6.08. The lowest BCUT2D eigenvalue weighted by atomic mass is 10.0. The molecule has 0 saturated carbocycles. The van der Waals surface area contributed by atoms with Crippen molar-refractivity contribution in [3.8, 4) is 22.5 Å². The smallest absolute Gasteiger partial charge is 0.155 e. The molecule has 0 saturated heterocycles. The Morgan fingerprint density at radius 2 is 1.84 bits per heavy atom. The lowest BCUT2D eigenvalue weighted by Crippen LogP contribution is -1.91. The molecular weight excluding hydrogens is 236 g/mol. The number of pyridine rings is 1. The average molecular weight is 250 g/mol. The quantitative estimate of drug-likeness (QED) is 0.734. The first-order chi connectivity index (χ1) is 9.27. The molecule has 94 valence electrons. The van der Waals surface area contributed by atoms with Crippen LogP contribution in [0, 0.1) is 6.92 Å². The number of aryl methyl sites for hydroxylation is 1. The molecule has 0 spiro atoms. The van der Waals surface area contributed by atoms with Gasteiger partial charge in [0.2, 0.25) is 0 Å². The van der Waals surface area contributed by atoms with Crippen molar-refractivity contribution < 1.29 is 0 Å². The first kappa shape index (κ1) is 11.5. The van der Waals surface area contributed by atoms with Gasteiger partial charge in [0.05, 0.1) is 17.0 Å². The van der Waals surface area contributed by atoms with Crippen LogP contribution in [-0.4, -0.2) is 15.2 Å². The van der Waals surface area contributed by atoms with Gasteiger partial charge in [-0.2, -0.15) is 5.10 Å². The molecule has 0 aliphatic rings. The van der Waals surface area contributed by atoms with Crippen LogP contribution in [0.2, 0.25) is 0 Å². The van der Waals surface area contributed by atoms with Crippen LogP contribution in [-0.2, 0) is 0 Å². The number of H-pyrrole nitrogens is 1. The highest BCUT2D eigenvalue weighted by atomic mass is 15.2. The summed E-state index contributed by atoms with van der Waals surface area (Å²) < 4.78 is 0. The molecule has 0 aliphatic carbocycles. The van der Waals surface area contributed by atoms with Crippen LogP contribution in [0.15, 0.2) is 48.7 Å². The van der Waals surface area contributed by atoms with Crippen molar-refractivity contribution in [2.45, 2.75) is 6.92 Å². The zero-order valence-corrected chi connectivity index (χ0v) is 10.6. The maximum Gasteiger partial charge on any atom is 0.155 e. The Balaban J connectivity index is 2.23. The number of benzene rings is 1. The van der Waals surface area contributed by atoms with Gasteiger partial charge in [0.15, 0.2) is 5.82 Å². The predicted octanol–water partition coefficient (Wildman–Crippen LogP) is 3.03. The molecule has 4 heteroatoms. The van der Waals surface area contributed by atoms with E-state index in [-0.39, 0.29) is 0 Å². The average Bonchev–Trinajstić information content (AvgIpc) is 2.82. The monoisotopic (exact) mass is 250 g/mol. The minimum atomic E-state index is 0.469. The minimum absolute atomic E-state index is 0.469. The van der Waals surface area contributed by atoms with E-state index in [9.17, 15) is 0 Å². The largest absolute Gasteiger partial charge is 0.382 e. The fraction of sp³-hybridized carbons (Fsp3) is 0.0667. The van der Waals surface area contributed by atoms with Gasteiger partial charge >= 0.3 is 0 Å². The second kappa shape index (κ2) is 4.57. The van der Waals surface area contributed by atoms with Crippen LogP contribution in [0.1, 0.15) is 5.56 Å². The topological polar surface area (TPSA) is 67.6 Å². The number of nitrogen functional groups attached to an aromatic ring is 1. The maximum absolute atomic E-state index is 5.98. The number of nitrogens with one attached hydrogen (secondary N) is 1. The third kappa shape index (κ3) is 1.97. The molecule has 4 nitrogen and oxygen atoms in total. The summed E-state index contributed by atoms with van der Waals surface area (Å²) in [4.78, 5) is 4.36. The Labute approximate surface area is 111 Å². The van der Waals surface area contributed by atoms with Crippen molar-refractivity contribution in [2.24, 2.45) is 0 Å². The summed E-state index contributed by atoms with van der Waals surface area (Å²) in [5.74, 6) is 0.469. The first-order valence-electron chi connectivity index (χ1n) is 6.08.